The highest BCUT2D eigenvalue weighted by molar-refractivity contribution is 5.98. The van der Waals surface area contributed by atoms with Crippen molar-refractivity contribution < 1.29 is 9.53 Å². The fraction of sp³-hybridized carbons (Fsp3) is 0.429. The first-order valence-corrected chi connectivity index (χ1v) is 8.89. The number of carbonyl (C=O) groups excluding carboxylic acids is 1. The molecule has 2 aromatic rings. The molecule has 0 aliphatic carbocycles. The number of hydrogen-bond acceptors (Lipinski definition) is 4. The molecular weight excluding hydrogens is 312 g/mol. The van der Waals surface area contributed by atoms with Crippen molar-refractivity contribution in [3.63, 3.8) is 0 Å². The molecule has 1 unspecified atom stereocenters. The van der Waals surface area contributed by atoms with Crippen molar-refractivity contribution in [2.24, 2.45) is 5.92 Å². The van der Waals surface area contributed by atoms with Gasteiger partial charge < -0.3 is 4.74 Å². The molecule has 2 heterocycles. The number of pyridine rings is 1. The molecule has 1 aliphatic rings. The number of Topliss-reactive ketones (excluding diaryl/α,β-unsaturated/α-hetero) is 1. The van der Waals surface area contributed by atoms with Gasteiger partial charge >= 0.3 is 0 Å². The lowest BCUT2D eigenvalue weighted by Gasteiger charge is -2.32. The van der Waals surface area contributed by atoms with E-state index in [2.05, 4.69) is 16.0 Å². The van der Waals surface area contributed by atoms with Crippen molar-refractivity contribution in [2.45, 2.75) is 33.2 Å². The molecule has 1 aromatic heterocycles. The van der Waals surface area contributed by atoms with E-state index in [1.165, 1.54) is 5.56 Å². The van der Waals surface area contributed by atoms with Crippen LogP contribution in [-0.4, -0.2) is 35.9 Å². The van der Waals surface area contributed by atoms with Gasteiger partial charge in [0, 0.05) is 37.0 Å². The topological polar surface area (TPSA) is 42.4 Å². The highest BCUT2D eigenvalue weighted by Crippen LogP contribution is 2.28. The van der Waals surface area contributed by atoms with Gasteiger partial charge in [-0.3, -0.25) is 14.7 Å². The van der Waals surface area contributed by atoms with Crippen LogP contribution in [0, 0.1) is 19.8 Å². The summed E-state index contributed by atoms with van der Waals surface area (Å²) in [5, 5.41) is 0. The number of ketones is 1. The molecule has 0 spiro atoms. The Bertz CT molecular complexity index is 720. The van der Waals surface area contributed by atoms with Crippen LogP contribution >= 0.6 is 0 Å². The predicted molar refractivity (Wildman–Crippen MR) is 99.0 cm³/mol. The monoisotopic (exact) mass is 338 g/mol. The first-order valence-electron chi connectivity index (χ1n) is 8.89. The molecule has 1 aromatic carbocycles. The van der Waals surface area contributed by atoms with Crippen LogP contribution in [0.1, 0.15) is 39.9 Å². The summed E-state index contributed by atoms with van der Waals surface area (Å²) < 4.78 is 5.41. The van der Waals surface area contributed by atoms with E-state index in [-0.39, 0.29) is 11.7 Å². The number of methoxy groups -OCH3 is 1. The molecule has 0 N–H and O–H groups in total. The lowest BCUT2D eigenvalue weighted by Crippen LogP contribution is -2.38. The number of benzene rings is 1. The van der Waals surface area contributed by atoms with Gasteiger partial charge in [0.15, 0.2) is 5.78 Å². The van der Waals surface area contributed by atoms with Crippen LogP contribution in [0.2, 0.25) is 0 Å². The number of piperidine rings is 1. The second-order valence-corrected chi connectivity index (χ2v) is 6.94. The fourth-order valence-corrected chi connectivity index (χ4v) is 3.81. The molecule has 1 atom stereocenters. The average Bonchev–Trinajstić information content (AvgIpc) is 2.62. The Kier molecular flexibility index (Phi) is 5.49. The van der Waals surface area contributed by atoms with Crippen LogP contribution < -0.4 is 4.74 Å². The van der Waals surface area contributed by atoms with E-state index in [0.717, 1.165) is 54.9 Å². The van der Waals surface area contributed by atoms with Crippen LogP contribution in [0.25, 0.3) is 0 Å². The molecule has 25 heavy (non-hydrogen) atoms. The van der Waals surface area contributed by atoms with Crippen molar-refractivity contribution in [1.82, 2.24) is 9.88 Å². The molecule has 0 amide bonds. The molecule has 4 nitrogen and oxygen atoms in total. The van der Waals surface area contributed by atoms with Gasteiger partial charge in [0.1, 0.15) is 5.75 Å². The van der Waals surface area contributed by atoms with Crippen molar-refractivity contribution in [2.75, 3.05) is 20.2 Å². The van der Waals surface area contributed by atoms with Crippen LogP contribution in [-0.2, 0) is 6.54 Å². The lowest BCUT2D eigenvalue weighted by molar-refractivity contribution is 0.0811. The first-order chi connectivity index (χ1) is 12.1. The van der Waals surface area contributed by atoms with E-state index in [9.17, 15) is 4.79 Å². The maximum atomic E-state index is 13.0. The Morgan fingerprint density at radius 1 is 1.32 bits per heavy atom. The second kappa shape index (κ2) is 7.79. The molecule has 1 fully saturated rings. The van der Waals surface area contributed by atoms with E-state index < -0.39 is 0 Å². The normalized spacial score (nSPS) is 18.1. The minimum absolute atomic E-state index is 0.0672. The highest BCUT2D eigenvalue weighted by atomic mass is 16.5. The van der Waals surface area contributed by atoms with E-state index >= 15 is 0 Å². The SMILES string of the molecule is COc1c(C)cc(C(=O)C2CCCN(Cc3cccnc3)C2)cc1C. The molecule has 0 bridgehead atoms. The summed E-state index contributed by atoms with van der Waals surface area (Å²) in [6.07, 6.45) is 5.72. The van der Waals surface area contributed by atoms with Gasteiger partial charge in [-0.25, -0.2) is 0 Å². The summed E-state index contributed by atoms with van der Waals surface area (Å²) in [4.78, 5) is 19.6. The average molecular weight is 338 g/mol. The molecule has 1 aliphatic heterocycles. The zero-order valence-corrected chi connectivity index (χ0v) is 15.3. The number of rotatable bonds is 5. The number of nitrogens with zero attached hydrogens (tertiary/aromatic N) is 2. The molecule has 132 valence electrons. The summed E-state index contributed by atoms with van der Waals surface area (Å²) in [6, 6.07) is 7.99. The highest BCUT2D eigenvalue weighted by Gasteiger charge is 2.27. The van der Waals surface area contributed by atoms with Gasteiger partial charge in [-0.15, -0.1) is 0 Å². The van der Waals surface area contributed by atoms with Crippen molar-refractivity contribution in [3.05, 3.63) is 58.9 Å². The van der Waals surface area contributed by atoms with Gasteiger partial charge in [0.25, 0.3) is 0 Å². The minimum Gasteiger partial charge on any atom is -0.496 e. The summed E-state index contributed by atoms with van der Waals surface area (Å²) in [5.41, 5.74) is 4.05. The largest absolute Gasteiger partial charge is 0.496 e. The van der Waals surface area contributed by atoms with E-state index in [4.69, 9.17) is 4.74 Å². The molecule has 0 radical (unpaired) electrons. The van der Waals surface area contributed by atoms with E-state index in [1.807, 2.05) is 38.2 Å². The number of likely N-dealkylation sites (tertiary alicyclic amines) is 1. The van der Waals surface area contributed by atoms with Crippen LogP contribution in [0.3, 0.4) is 0 Å². The second-order valence-electron chi connectivity index (χ2n) is 6.94. The Balaban J connectivity index is 1.72. The quantitative estimate of drug-likeness (QED) is 0.778. The maximum absolute atomic E-state index is 13.0. The van der Waals surface area contributed by atoms with Gasteiger partial charge in [0.05, 0.1) is 7.11 Å². The van der Waals surface area contributed by atoms with Gasteiger partial charge in [0.2, 0.25) is 0 Å². The zero-order chi connectivity index (χ0) is 17.8. The minimum atomic E-state index is 0.0672. The fourth-order valence-electron chi connectivity index (χ4n) is 3.81. The standard InChI is InChI=1S/C21H26N2O2/c1-15-10-19(11-16(2)21(15)25-3)20(24)18-7-5-9-23(14-18)13-17-6-4-8-22-12-17/h4,6,8,10-12,18H,5,7,9,13-14H2,1-3H3. The van der Waals surface area contributed by atoms with Crippen LogP contribution in [0.15, 0.2) is 36.7 Å². The summed E-state index contributed by atoms with van der Waals surface area (Å²) in [5.74, 6) is 1.20. The van der Waals surface area contributed by atoms with Crippen molar-refractivity contribution in [1.29, 1.82) is 0 Å². The van der Waals surface area contributed by atoms with Crippen LogP contribution in [0.4, 0.5) is 0 Å². The lowest BCUT2D eigenvalue weighted by atomic mass is 9.88. The third-order valence-corrected chi connectivity index (χ3v) is 4.95. The summed E-state index contributed by atoms with van der Waals surface area (Å²) in [7, 11) is 1.67. The van der Waals surface area contributed by atoms with Crippen LogP contribution in [0.5, 0.6) is 5.75 Å². The van der Waals surface area contributed by atoms with E-state index in [0.29, 0.717) is 0 Å². The molecule has 1 saturated heterocycles. The smallest absolute Gasteiger partial charge is 0.167 e. The number of aromatic nitrogens is 1. The van der Waals surface area contributed by atoms with Gasteiger partial charge in [-0.2, -0.15) is 0 Å². The van der Waals surface area contributed by atoms with Crippen molar-refractivity contribution >= 4 is 5.78 Å². The van der Waals surface area contributed by atoms with Crippen molar-refractivity contribution in [3.8, 4) is 5.75 Å². The number of aryl methyl sites for hydroxylation is 2. The van der Waals surface area contributed by atoms with E-state index in [1.54, 1.807) is 13.3 Å². The molecule has 4 heteroatoms. The zero-order valence-electron chi connectivity index (χ0n) is 15.3. The number of ether oxygens (including phenoxy) is 1. The Morgan fingerprint density at radius 3 is 2.72 bits per heavy atom. The molecule has 3 rings (SSSR count). The number of hydrogen-bond donors (Lipinski definition) is 0. The molecular formula is C21H26N2O2. The summed E-state index contributed by atoms with van der Waals surface area (Å²) in [6.45, 7) is 6.71. The Hall–Kier alpha value is -2.20. The first kappa shape index (κ1) is 17.6. The maximum Gasteiger partial charge on any atom is 0.167 e. The third-order valence-electron chi connectivity index (χ3n) is 4.95. The molecule has 0 saturated carbocycles. The van der Waals surface area contributed by atoms with Gasteiger partial charge in [-0.05, 0) is 68.1 Å². The Morgan fingerprint density at radius 2 is 2.08 bits per heavy atom. The van der Waals surface area contributed by atoms with Gasteiger partial charge in [-0.1, -0.05) is 6.07 Å². The number of carbonyl (C=O) groups is 1. The summed E-state index contributed by atoms with van der Waals surface area (Å²) >= 11 is 0. The predicted octanol–water partition coefficient (Wildman–Crippen LogP) is 3.80. The Labute approximate surface area is 149 Å². The third kappa shape index (κ3) is 4.07.